The number of hydrogen-bond acceptors (Lipinski definition) is 5. The minimum atomic E-state index is -0.299. The average Bonchev–Trinajstić information content (AvgIpc) is 3.18. The summed E-state index contributed by atoms with van der Waals surface area (Å²) in [5, 5.41) is 12.4. The highest BCUT2D eigenvalue weighted by Gasteiger charge is 2.19. The number of benzene rings is 2. The van der Waals surface area contributed by atoms with Gasteiger partial charge in [-0.25, -0.2) is 4.39 Å². The molecule has 0 bridgehead atoms. The fraction of sp³-hybridized carbons (Fsp3) is 0.286. The van der Waals surface area contributed by atoms with E-state index in [0.29, 0.717) is 11.0 Å². The molecule has 1 saturated heterocycles. The van der Waals surface area contributed by atoms with E-state index in [1.54, 1.807) is 12.1 Å². The molecular weight excluding hydrogens is 407 g/mol. The second-order valence-electron chi connectivity index (χ2n) is 6.73. The minimum absolute atomic E-state index is 0.0119. The number of para-hydroxylation sites is 1. The standard InChI is InChI=1S/C21H21FN4OS2/c22-16-8-6-15(7-9-16)20-24-25-21(26(20)18-4-2-1-3-5-18)29-14-19(27)23-17-10-12-28-13-11-17/h1-9,17H,10-14H2,(H,23,27). The lowest BCUT2D eigenvalue weighted by Gasteiger charge is -2.22. The van der Waals surface area contributed by atoms with E-state index in [1.165, 1.54) is 23.9 Å². The number of carbonyl (C=O) groups excluding carboxylic acids is 1. The van der Waals surface area contributed by atoms with Crippen molar-refractivity contribution in [3.63, 3.8) is 0 Å². The van der Waals surface area contributed by atoms with E-state index < -0.39 is 0 Å². The quantitative estimate of drug-likeness (QED) is 0.597. The number of nitrogens with one attached hydrogen (secondary N) is 1. The molecule has 2 heterocycles. The van der Waals surface area contributed by atoms with Crippen molar-refractivity contribution in [1.29, 1.82) is 0 Å². The molecule has 0 saturated carbocycles. The first kappa shape index (κ1) is 20.0. The van der Waals surface area contributed by atoms with Gasteiger partial charge in [-0.05, 0) is 60.7 Å². The Morgan fingerprint density at radius 2 is 1.83 bits per heavy atom. The predicted octanol–water partition coefficient (Wildman–Crippen LogP) is 4.18. The molecule has 3 aromatic rings. The second kappa shape index (κ2) is 9.45. The largest absolute Gasteiger partial charge is 0.353 e. The lowest BCUT2D eigenvalue weighted by Crippen LogP contribution is -2.38. The summed E-state index contributed by atoms with van der Waals surface area (Å²) in [7, 11) is 0. The second-order valence-corrected chi connectivity index (χ2v) is 8.89. The van der Waals surface area contributed by atoms with Crippen molar-refractivity contribution in [3.8, 4) is 17.1 Å². The number of thioether (sulfide) groups is 2. The molecule has 5 nitrogen and oxygen atoms in total. The van der Waals surface area contributed by atoms with Crippen LogP contribution in [0, 0.1) is 5.82 Å². The van der Waals surface area contributed by atoms with Crippen LogP contribution in [-0.4, -0.2) is 44.0 Å². The minimum Gasteiger partial charge on any atom is -0.353 e. The summed E-state index contributed by atoms with van der Waals surface area (Å²) < 4.78 is 15.2. The first-order valence-corrected chi connectivity index (χ1v) is 11.6. The zero-order valence-corrected chi connectivity index (χ0v) is 17.4. The molecule has 1 aliphatic heterocycles. The van der Waals surface area contributed by atoms with Gasteiger partial charge in [-0.3, -0.25) is 9.36 Å². The molecule has 0 spiro atoms. The Morgan fingerprint density at radius 1 is 1.10 bits per heavy atom. The number of nitrogens with zero attached hydrogens (tertiary/aromatic N) is 3. The summed E-state index contributed by atoms with van der Waals surface area (Å²) in [5.41, 5.74) is 1.66. The molecule has 150 valence electrons. The van der Waals surface area contributed by atoms with Gasteiger partial charge in [0.1, 0.15) is 5.82 Å². The van der Waals surface area contributed by atoms with Crippen molar-refractivity contribution >= 4 is 29.4 Å². The summed E-state index contributed by atoms with van der Waals surface area (Å²) in [6, 6.07) is 16.2. The molecule has 1 N–H and O–H groups in total. The molecule has 1 aromatic heterocycles. The first-order valence-electron chi connectivity index (χ1n) is 9.47. The van der Waals surface area contributed by atoms with E-state index >= 15 is 0 Å². The van der Waals surface area contributed by atoms with Crippen LogP contribution in [-0.2, 0) is 4.79 Å². The van der Waals surface area contributed by atoms with E-state index in [1.807, 2.05) is 46.7 Å². The van der Waals surface area contributed by atoms with Gasteiger partial charge >= 0.3 is 0 Å². The molecule has 1 amide bonds. The van der Waals surface area contributed by atoms with Crippen LogP contribution in [0.2, 0.25) is 0 Å². The van der Waals surface area contributed by atoms with Gasteiger partial charge in [0.05, 0.1) is 5.75 Å². The molecule has 1 fully saturated rings. The Labute approximate surface area is 177 Å². The number of hydrogen-bond donors (Lipinski definition) is 1. The third-order valence-electron chi connectivity index (χ3n) is 4.67. The molecule has 0 radical (unpaired) electrons. The first-order chi connectivity index (χ1) is 14.2. The molecule has 4 rings (SSSR count). The fourth-order valence-corrected chi connectivity index (χ4v) is 5.07. The van der Waals surface area contributed by atoms with Crippen molar-refractivity contribution < 1.29 is 9.18 Å². The average molecular weight is 429 g/mol. The maximum absolute atomic E-state index is 13.3. The third-order valence-corrected chi connectivity index (χ3v) is 6.65. The van der Waals surface area contributed by atoms with Crippen LogP contribution in [0.5, 0.6) is 0 Å². The van der Waals surface area contributed by atoms with Crippen molar-refractivity contribution in [1.82, 2.24) is 20.1 Å². The zero-order chi connectivity index (χ0) is 20.1. The molecule has 8 heteroatoms. The van der Waals surface area contributed by atoms with Crippen LogP contribution in [0.3, 0.4) is 0 Å². The van der Waals surface area contributed by atoms with Gasteiger partial charge < -0.3 is 5.32 Å². The Balaban J connectivity index is 1.55. The molecule has 29 heavy (non-hydrogen) atoms. The van der Waals surface area contributed by atoms with Gasteiger partial charge in [0.15, 0.2) is 11.0 Å². The predicted molar refractivity (Wildman–Crippen MR) is 116 cm³/mol. The van der Waals surface area contributed by atoms with Gasteiger partial charge in [-0.1, -0.05) is 30.0 Å². The van der Waals surface area contributed by atoms with E-state index in [2.05, 4.69) is 15.5 Å². The summed E-state index contributed by atoms with van der Waals surface area (Å²) in [4.78, 5) is 12.4. The zero-order valence-electron chi connectivity index (χ0n) is 15.8. The van der Waals surface area contributed by atoms with E-state index in [-0.39, 0.29) is 23.5 Å². The van der Waals surface area contributed by atoms with Crippen molar-refractivity contribution in [2.75, 3.05) is 17.3 Å². The highest BCUT2D eigenvalue weighted by molar-refractivity contribution is 7.99. The van der Waals surface area contributed by atoms with Crippen LogP contribution in [0.1, 0.15) is 12.8 Å². The monoisotopic (exact) mass is 428 g/mol. The number of carbonyl (C=O) groups is 1. The Kier molecular flexibility index (Phi) is 6.51. The molecule has 0 atom stereocenters. The number of aromatic nitrogens is 3. The highest BCUT2D eigenvalue weighted by Crippen LogP contribution is 2.28. The topological polar surface area (TPSA) is 59.8 Å². The summed E-state index contributed by atoms with van der Waals surface area (Å²) in [5.74, 6) is 2.80. The number of rotatable bonds is 6. The molecule has 1 aliphatic rings. The van der Waals surface area contributed by atoms with Gasteiger partial charge in [0, 0.05) is 17.3 Å². The lowest BCUT2D eigenvalue weighted by atomic mass is 10.1. The summed E-state index contributed by atoms with van der Waals surface area (Å²) in [6.07, 6.45) is 2.05. The van der Waals surface area contributed by atoms with Gasteiger partial charge in [-0.2, -0.15) is 11.8 Å². The molecule has 0 aliphatic carbocycles. The van der Waals surface area contributed by atoms with Crippen molar-refractivity contribution in [2.24, 2.45) is 0 Å². The van der Waals surface area contributed by atoms with Crippen LogP contribution >= 0.6 is 23.5 Å². The smallest absolute Gasteiger partial charge is 0.230 e. The number of amides is 1. The van der Waals surface area contributed by atoms with Gasteiger partial charge in [-0.15, -0.1) is 10.2 Å². The maximum atomic E-state index is 13.3. The third kappa shape index (κ3) is 5.00. The van der Waals surface area contributed by atoms with E-state index in [4.69, 9.17) is 0 Å². The fourth-order valence-electron chi connectivity index (χ4n) is 3.20. The highest BCUT2D eigenvalue weighted by atomic mass is 32.2. The normalized spacial score (nSPS) is 14.7. The summed E-state index contributed by atoms with van der Waals surface area (Å²) >= 11 is 3.29. The van der Waals surface area contributed by atoms with Crippen LogP contribution in [0.15, 0.2) is 59.8 Å². The maximum Gasteiger partial charge on any atom is 0.230 e. The Morgan fingerprint density at radius 3 is 2.55 bits per heavy atom. The van der Waals surface area contributed by atoms with Gasteiger partial charge in [0.25, 0.3) is 0 Å². The summed E-state index contributed by atoms with van der Waals surface area (Å²) in [6.45, 7) is 0. The number of halogens is 1. The van der Waals surface area contributed by atoms with Crippen LogP contribution in [0.4, 0.5) is 4.39 Å². The Hall–Kier alpha value is -2.32. The van der Waals surface area contributed by atoms with Crippen LogP contribution < -0.4 is 5.32 Å². The molecule has 2 aromatic carbocycles. The van der Waals surface area contributed by atoms with Crippen molar-refractivity contribution in [3.05, 3.63) is 60.4 Å². The van der Waals surface area contributed by atoms with Crippen LogP contribution in [0.25, 0.3) is 17.1 Å². The van der Waals surface area contributed by atoms with Crippen molar-refractivity contribution in [2.45, 2.75) is 24.0 Å². The lowest BCUT2D eigenvalue weighted by molar-refractivity contribution is -0.119. The molecular formula is C21H21FN4OS2. The van der Waals surface area contributed by atoms with E-state index in [0.717, 1.165) is 35.6 Å². The SMILES string of the molecule is O=C(CSc1nnc(-c2ccc(F)cc2)n1-c1ccccc1)NC1CCSCC1. The van der Waals surface area contributed by atoms with E-state index in [9.17, 15) is 9.18 Å². The Bertz CT molecular complexity index is 957. The van der Waals surface area contributed by atoms with Gasteiger partial charge in [0.2, 0.25) is 5.91 Å². The molecule has 0 unspecified atom stereocenters.